The molecule has 5 heteroatoms. The number of carboxylic acid groups (broad SMARTS) is 1. The Bertz CT molecular complexity index is 612. The van der Waals surface area contributed by atoms with Gasteiger partial charge in [0.1, 0.15) is 0 Å². The van der Waals surface area contributed by atoms with Gasteiger partial charge in [0.05, 0.1) is 12.2 Å². The Morgan fingerprint density at radius 3 is 2.34 bits per heavy atom. The van der Waals surface area contributed by atoms with Crippen molar-refractivity contribution in [3.05, 3.63) is 0 Å². The van der Waals surface area contributed by atoms with Gasteiger partial charge in [-0.05, 0) is 104 Å². The van der Waals surface area contributed by atoms with Gasteiger partial charge < -0.3 is 15.3 Å². The molecule has 0 radical (unpaired) electrons. The number of fused-ring (bicyclic) bond motifs is 5. The number of aliphatic hydroxyl groups excluding tert-OH is 2. The Hall–Kier alpha value is 0.0134. The molecule has 0 unspecified atom stereocenters. The molecule has 4 rings (SSSR count). The maximum absolute atomic E-state index is 11.2. The fourth-order valence-electron chi connectivity index (χ4n) is 8.73. The third-order valence-electron chi connectivity index (χ3n) is 10.2. The van der Waals surface area contributed by atoms with E-state index < -0.39 is 5.97 Å². The van der Waals surface area contributed by atoms with Crippen molar-refractivity contribution in [1.82, 2.24) is 0 Å². The van der Waals surface area contributed by atoms with Crippen molar-refractivity contribution in [3.8, 4) is 0 Å². The van der Waals surface area contributed by atoms with Gasteiger partial charge in [-0.1, -0.05) is 20.8 Å². The molecule has 0 bridgehead atoms. The minimum absolute atomic E-state index is 0. The van der Waals surface area contributed by atoms with Crippen LogP contribution in [-0.2, 0) is 24.3 Å². The quantitative estimate of drug-likeness (QED) is 0.544. The Morgan fingerprint density at radius 2 is 1.66 bits per heavy atom. The molecule has 0 saturated heterocycles. The molecule has 160 valence electrons. The van der Waals surface area contributed by atoms with Crippen molar-refractivity contribution in [2.75, 3.05) is 0 Å². The first-order valence-corrected chi connectivity index (χ1v) is 11.7. The molecule has 0 spiro atoms. The van der Waals surface area contributed by atoms with Crippen LogP contribution in [0, 0.1) is 46.3 Å². The van der Waals surface area contributed by atoms with Crippen LogP contribution < -0.4 is 0 Å². The number of aliphatic hydroxyl groups is 2. The molecule has 10 atom stereocenters. The first kappa shape index (κ1) is 23.7. The van der Waals surface area contributed by atoms with E-state index in [4.69, 9.17) is 5.11 Å². The number of hydrogen-bond donors (Lipinski definition) is 3. The molecular weight excluding hydrogens is 418 g/mol. The number of hydrogen-bond acceptors (Lipinski definition) is 3. The molecule has 0 aromatic rings. The normalized spacial score (nSPS) is 49.9. The number of carboxylic acids is 1. The topological polar surface area (TPSA) is 77.8 Å². The first-order valence-electron chi connectivity index (χ1n) is 11.7. The summed E-state index contributed by atoms with van der Waals surface area (Å²) in [6.07, 6.45) is 9.19. The van der Waals surface area contributed by atoms with Crippen molar-refractivity contribution in [2.24, 2.45) is 46.3 Å². The third kappa shape index (κ3) is 3.87. The Balaban J connectivity index is 0.00000240. The predicted octanol–water partition coefficient (Wildman–Crippen LogP) is 4.48. The molecule has 0 heterocycles. The largest absolute Gasteiger partial charge is 2.00 e. The van der Waals surface area contributed by atoms with Gasteiger partial charge in [0.25, 0.3) is 0 Å². The zero-order valence-electron chi connectivity index (χ0n) is 18.6. The van der Waals surface area contributed by atoms with Crippen LogP contribution >= 0.6 is 0 Å². The average Bonchev–Trinajstić information content (AvgIpc) is 2.98. The summed E-state index contributed by atoms with van der Waals surface area (Å²) >= 11 is 0. The molecule has 3 N–H and O–H groups in total. The Morgan fingerprint density at radius 1 is 1.00 bits per heavy atom. The van der Waals surface area contributed by atoms with Crippen molar-refractivity contribution in [3.63, 3.8) is 0 Å². The van der Waals surface area contributed by atoms with Crippen LogP contribution in [0.3, 0.4) is 0 Å². The van der Waals surface area contributed by atoms with E-state index in [1.807, 2.05) is 0 Å². The van der Waals surface area contributed by atoms with Gasteiger partial charge in [-0.3, -0.25) is 4.79 Å². The van der Waals surface area contributed by atoms with Crippen molar-refractivity contribution in [2.45, 2.75) is 97.2 Å². The van der Waals surface area contributed by atoms with Crippen LogP contribution in [0.25, 0.3) is 0 Å². The van der Waals surface area contributed by atoms with E-state index in [9.17, 15) is 15.0 Å². The summed E-state index contributed by atoms with van der Waals surface area (Å²) in [5.41, 5.74) is 0.523. The molecule has 0 aliphatic heterocycles. The van der Waals surface area contributed by atoms with Gasteiger partial charge in [-0.15, -0.1) is 0 Å². The monoisotopic (exact) mass is 456 g/mol. The molecule has 0 aromatic carbocycles. The van der Waals surface area contributed by atoms with Gasteiger partial charge in [0.15, 0.2) is 0 Å². The summed E-state index contributed by atoms with van der Waals surface area (Å²) in [6, 6.07) is 0. The maximum Gasteiger partial charge on any atom is 2.00 e. The molecule has 29 heavy (non-hydrogen) atoms. The summed E-state index contributed by atoms with van der Waals surface area (Å²) in [5, 5.41) is 30.5. The summed E-state index contributed by atoms with van der Waals surface area (Å²) in [6.45, 7) is 7.16. The Labute approximate surface area is 189 Å². The standard InChI is InChI=1S/C24H40O4.Zn/c1-14(4-7-21(27)28)17-5-6-18-22-19(9-11-24(17,18)3)23(2)10-8-16(25)12-15(23)13-20(22)26;/h14-20,22,25-26H,4-13H2,1-3H3,(H,27,28);/q;+2/t14-,15+,16-,17-,18+,19+,20+,22+,23+,24-;/m1./s1. The van der Waals surface area contributed by atoms with Gasteiger partial charge in [-0.25, -0.2) is 0 Å². The van der Waals surface area contributed by atoms with E-state index >= 15 is 0 Å². The SMILES string of the molecule is C[C@H](CCC(=O)O)[C@H]1CC[C@H]2[C@@H]3[C@@H](O)C[C@@H]4C[C@H](O)CC[C@]4(C)[C@H]3CC[C@]12C.[Zn+2]. The van der Waals surface area contributed by atoms with Gasteiger partial charge in [0.2, 0.25) is 0 Å². The number of rotatable bonds is 4. The molecule has 4 aliphatic carbocycles. The minimum Gasteiger partial charge on any atom is -0.481 e. The minimum atomic E-state index is -0.684. The second kappa shape index (κ2) is 8.51. The van der Waals surface area contributed by atoms with Crippen LogP contribution in [0.2, 0.25) is 0 Å². The fraction of sp³-hybridized carbons (Fsp3) is 0.958. The van der Waals surface area contributed by atoms with Crippen LogP contribution in [0.5, 0.6) is 0 Å². The molecular formula is C24H40O4Zn+2. The van der Waals surface area contributed by atoms with E-state index in [1.165, 1.54) is 25.7 Å². The van der Waals surface area contributed by atoms with Crippen LogP contribution in [0.15, 0.2) is 0 Å². The first-order chi connectivity index (χ1) is 13.2. The second-order valence-electron chi connectivity index (χ2n) is 11.4. The van der Waals surface area contributed by atoms with Gasteiger partial charge in [0, 0.05) is 6.42 Å². The molecule has 4 nitrogen and oxygen atoms in total. The van der Waals surface area contributed by atoms with Crippen molar-refractivity contribution in [1.29, 1.82) is 0 Å². The van der Waals surface area contributed by atoms with Crippen LogP contribution in [0.4, 0.5) is 0 Å². The zero-order valence-corrected chi connectivity index (χ0v) is 21.6. The summed E-state index contributed by atoms with van der Waals surface area (Å²) in [4.78, 5) is 11.1. The number of aliphatic carboxylic acids is 1. The number of carbonyl (C=O) groups is 1. The zero-order chi connectivity index (χ0) is 20.3. The van der Waals surface area contributed by atoms with E-state index in [1.54, 1.807) is 0 Å². The van der Waals surface area contributed by atoms with Crippen molar-refractivity contribution < 1.29 is 39.6 Å². The van der Waals surface area contributed by atoms with E-state index in [2.05, 4.69) is 20.8 Å². The van der Waals surface area contributed by atoms with E-state index in [0.717, 1.165) is 32.1 Å². The average molecular weight is 458 g/mol. The van der Waals surface area contributed by atoms with E-state index in [-0.39, 0.29) is 48.9 Å². The third-order valence-corrected chi connectivity index (χ3v) is 10.2. The van der Waals surface area contributed by atoms with Gasteiger partial charge >= 0.3 is 25.4 Å². The summed E-state index contributed by atoms with van der Waals surface area (Å²) in [7, 11) is 0. The molecule has 4 saturated carbocycles. The van der Waals surface area contributed by atoms with Crippen LogP contribution in [-0.4, -0.2) is 33.5 Å². The van der Waals surface area contributed by atoms with E-state index in [0.29, 0.717) is 35.5 Å². The van der Waals surface area contributed by atoms with Crippen LogP contribution in [0.1, 0.15) is 85.0 Å². The molecule has 4 fully saturated rings. The van der Waals surface area contributed by atoms with Crippen molar-refractivity contribution >= 4 is 5.97 Å². The smallest absolute Gasteiger partial charge is 0.481 e. The summed E-state index contributed by atoms with van der Waals surface area (Å²) in [5.74, 6) is 2.36. The molecule has 0 aromatic heterocycles. The fourth-order valence-corrected chi connectivity index (χ4v) is 8.73. The molecule has 0 amide bonds. The maximum atomic E-state index is 11.2. The molecule has 4 aliphatic rings. The van der Waals surface area contributed by atoms with Gasteiger partial charge in [-0.2, -0.15) is 0 Å². The summed E-state index contributed by atoms with van der Waals surface area (Å²) < 4.78 is 0. The second-order valence-corrected chi connectivity index (χ2v) is 11.4. The Kier molecular flexibility index (Phi) is 6.95. The predicted molar refractivity (Wildman–Crippen MR) is 109 cm³/mol.